The van der Waals surface area contributed by atoms with E-state index in [2.05, 4.69) is 28.6 Å². The predicted octanol–water partition coefficient (Wildman–Crippen LogP) is 2.37. The summed E-state index contributed by atoms with van der Waals surface area (Å²) in [6.45, 7) is 3.87. The quantitative estimate of drug-likeness (QED) is 0.860. The van der Waals surface area contributed by atoms with E-state index in [1.165, 1.54) is 0 Å². The number of hydrogen-bond donors (Lipinski definition) is 2. The first kappa shape index (κ1) is 13.3. The summed E-state index contributed by atoms with van der Waals surface area (Å²) in [6.07, 6.45) is 0. The molecule has 0 bridgehead atoms. The Balaban J connectivity index is 2.24. The monoisotopic (exact) mass is 254 g/mol. The van der Waals surface area contributed by atoms with Crippen molar-refractivity contribution >= 4 is 16.7 Å². The Hall–Kier alpha value is -2.12. The van der Waals surface area contributed by atoms with Crippen molar-refractivity contribution in [2.75, 3.05) is 25.5 Å². The van der Waals surface area contributed by atoms with E-state index in [9.17, 15) is 5.26 Å². The zero-order valence-corrected chi connectivity index (χ0v) is 11.3. The maximum absolute atomic E-state index is 9.20. The van der Waals surface area contributed by atoms with Gasteiger partial charge in [0.15, 0.2) is 0 Å². The minimum Gasteiger partial charge on any atom is -0.369 e. The molecule has 4 nitrogen and oxygen atoms in total. The fourth-order valence-corrected chi connectivity index (χ4v) is 2.03. The van der Waals surface area contributed by atoms with Gasteiger partial charge in [-0.3, -0.25) is 0 Å². The summed E-state index contributed by atoms with van der Waals surface area (Å²) in [5, 5.41) is 16.6. The summed E-state index contributed by atoms with van der Waals surface area (Å²) in [5.74, 6) is 1.15. The van der Waals surface area contributed by atoms with Crippen LogP contribution in [0.25, 0.3) is 10.9 Å². The number of fused-ring (bicyclic) bond motifs is 1. The van der Waals surface area contributed by atoms with Gasteiger partial charge in [0, 0.05) is 11.9 Å². The molecule has 0 saturated carbocycles. The standard InChI is InChI=1S/C15H18N4/c1-11(9-17-2)10-18-15-13(8-16)7-12-5-3-4-6-14(12)19-15/h3-7,11,17H,9-10H2,1-2H3,(H,18,19). The SMILES string of the molecule is CNCC(C)CNc1nc2ccccc2cc1C#N. The lowest BCUT2D eigenvalue weighted by atomic mass is 10.1. The molecule has 1 aromatic heterocycles. The lowest BCUT2D eigenvalue weighted by molar-refractivity contribution is 0.569. The summed E-state index contributed by atoms with van der Waals surface area (Å²) in [6, 6.07) is 11.9. The third kappa shape index (κ3) is 3.21. The summed E-state index contributed by atoms with van der Waals surface area (Å²) < 4.78 is 0. The molecule has 2 aromatic rings. The first-order valence-corrected chi connectivity index (χ1v) is 6.43. The van der Waals surface area contributed by atoms with Crippen LogP contribution in [0, 0.1) is 17.2 Å². The number of rotatable bonds is 5. The molecule has 1 unspecified atom stereocenters. The summed E-state index contributed by atoms with van der Waals surface area (Å²) in [7, 11) is 1.94. The van der Waals surface area contributed by atoms with Crippen molar-refractivity contribution in [1.82, 2.24) is 10.3 Å². The summed E-state index contributed by atoms with van der Waals surface area (Å²) in [5.41, 5.74) is 1.50. The van der Waals surface area contributed by atoms with Crippen LogP contribution < -0.4 is 10.6 Å². The molecule has 0 saturated heterocycles. The fraction of sp³-hybridized carbons (Fsp3) is 0.333. The maximum atomic E-state index is 9.20. The zero-order valence-electron chi connectivity index (χ0n) is 11.3. The Morgan fingerprint density at radius 2 is 2.11 bits per heavy atom. The molecule has 19 heavy (non-hydrogen) atoms. The normalized spacial score (nSPS) is 12.1. The highest BCUT2D eigenvalue weighted by atomic mass is 15.0. The van der Waals surface area contributed by atoms with Gasteiger partial charge in [0.1, 0.15) is 11.9 Å². The molecule has 0 aliphatic rings. The third-order valence-electron chi connectivity index (χ3n) is 3.01. The molecule has 1 heterocycles. The van der Waals surface area contributed by atoms with E-state index in [1.54, 1.807) is 0 Å². The Labute approximate surface area is 113 Å². The second-order valence-electron chi connectivity index (χ2n) is 4.73. The molecule has 4 heteroatoms. The van der Waals surface area contributed by atoms with Crippen LogP contribution in [-0.4, -0.2) is 25.1 Å². The van der Waals surface area contributed by atoms with Crippen LogP contribution in [0.1, 0.15) is 12.5 Å². The molecule has 0 fully saturated rings. The van der Waals surface area contributed by atoms with Crippen molar-refractivity contribution in [2.45, 2.75) is 6.92 Å². The van der Waals surface area contributed by atoms with Gasteiger partial charge < -0.3 is 10.6 Å². The molecule has 0 spiro atoms. The second kappa shape index (κ2) is 6.17. The number of benzene rings is 1. The Kier molecular flexibility index (Phi) is 4.32. The van der Waals surface area contributed by atoms with Gasteiger partial charge in [-0.1, -0.05) is 25.1 Å². The van der Waals surface area contributed by atoms with Crippen molar-refractivity contribution < 1.29 is 0 Å². The van der Waals surface area contributed by atoms with Crippen LogP contribution in [-0.2, 0) is 0 Å². The number of anilines is 1. The molecule has 2 rings (SSSR count). The smallest absolute Gasteiger partial charge is 0.144 e. The van der Waals surface area contributed by atoms with Gasteiger partial charge in [0.05, 0.1) is 11.1 Å². The van der Waals surface area contributed by atoms with E-state index < -0.39 is 0 Å². The number of pyridine rings is 1. The average Bonchev–Trinajstić information content (AvgIpc) is 2.44. The molecular formula is C15H18N4. The topological polar surface area (TPSA) is 60.7 Å². The highest BCUT2D eigenvalue weighted by molar-refractivity contribution is 5.82. The van der Waals surface area contributed by atoms with Crippen LogP contribution in [0.2, 0.25) is 0 Å². The fourth-order valence-electron chi connectivity index (χ4n) is 2.03. The third-order valence-corrected chi connectivity index (χ3v) is 3.01. The highest BCUT2D eigenvalue weighted by Crippen LogP contribution is 2.19. The van der Waals surface area contributed by atoms with E-state index in [-0.39, 0.29) is 0 Å². The Morgan fingerprint density at radius 3 is 2.84 bits per heavy atom. The van der Waals surface area contributed by atoms with E-state index in [4.69, 9.17) is 0 Å². The van der Waals surface area contributed by atoms with E-state index >= 15 is 0 Å². The number of nitrogens with one attached hydrogen (secondary N) is 2. The van der Waals surface area contributed by atoms with Gasteiger partial charge in [-0.2, -0.15) is 5.26 Å². The first-order chi connectivity index (χ1) is 9.24. The van der Waals surface area contributed by atoms with Gasteiger partial charge in [-0.25, -0.2) is 4.98 Å². The minimum atomic E-state index is 0.477. The van der Waals surface area contributed by atoms with Gasteiger partial charge >= 0.3 is 0 Å². The molecule has 1 aromatic carbocycles. The molecule has 0 amide bonds. The molecular weight excluding hydrogens is 236 g/mol. The maximum Gasteiger partial charge on any atom is 0.144 e. The van der Waals surface area contributed by atoms with Gasteiger partial charge in [-0.05, 0) is 31.6 Å². The lowest BCUT2D eigenvalue weighted by Gasteiger charge is -2.13. The van der Waals surface area contributed by atoms with E-state index in [0.717, 1.165) is 24.0 Å². The van der Waals surface area contributed by atoms with Gasteiger partial charge in [0.25, 0.3) is 0 Å². The Bertz CT molecular complexity index is 601. The predicted molar refractivity (Wildman–Crippen MR) is 78.0 cm³/mol. The number of nitrogens with zero attached hydrogens (tertiary/aromatic N) is 2. The molecule has 0 aliphatic heterocycles. The largest absolute Gasteiger partial charge is 0.369 e. The molecule has 98 valence electrons. The van der Waals surface area contributed by atoms with Crippen molar-refractivity contribution in [3.63, 3.8) is 0 Å². The van der Waals surface area contributed by atoms with Crippen LogP contribution in [0.15, 0.2) is 30.3 Å². The minimum absolute atomic E-state index is 0.477. The van der Waals surface area contributed by atoms with Gasteiger partial charge in [0.2, 0.25) is 0 Å². The van der Waals surface area contributed by atoms with E-state index in [1.807, 2.05) is 37.4 Å². The van der Waals surface area contributed by atoms with Crippen molar-refractivity contribution in [1.29, 1.82) is 5.26 Å². The van der Waals surface area contributed by atoms with Crippen LogP contribution in [0.4, 0.5) is 5.82 Å². The number of para-hydroxylation sites is 1. The molecule has 0 aliphatic carbocycles. The number of aromatic nitrogens is 1. The van der Waals surface area contributed by atoms with Crippen LogP contribution >= 0.6 is 0 Å². The van der Waals surface area contributed by atoms with Crippen LogP contribution in [0.5, 0.6) is 0 Å². The van der Waals surface area contributed by atoms with Crippen molar-refractivity contribution in [3.05, 3.63) is 35.9 Å². The summed E-state index contributed by atoms with van der Waals surface area (Å²) in [4.78, 5) is 4.52. The second-order valence-corrected chi connectivity index (χ2v) is 4.73. The average molecular weight is 254 g/mol. The number of hydrogen-bond acceptors (Lipinski definition) is 4. The van der Waals surface area contributed by atoms with E-state index in [0.29, 0.717) is 17.3 Å². The molecule has 2 N–H and O–H groups in total. The zero-order chi connectivity index (χ0) is 13.7. The first-order valence-electron chi connectivity index (χ1n) is 6.43. The van der Waals surface area contributed by atoms with Crippen LogP contribution in [0.3, 0.4) is 0 Å². The molecule has 1 atom stereocenters. The van der Waals surface area contributed by atoms with Crippen molar-refractivity contribution in [3.8, 4) is 6.07 Å². The highest BCUT2D eigenvalue weighted by Gasteiger charge is 2.07. The number of nitriles is 1. The van der Waals surface area contributed by atoms with Crippen molar-refractivity contribution in [2.24, 2.45) is 5.92 Å². The lowest BCUT2D eigenvalue weighted by Crippen LogP contribution is -2.23. The summed E-state index contributed by atoms with van der Waals surface area (Å²) >= 11 is 0. The molecule has 0 radical (unpaired) electrons. The Morgan fingerprint density at radius 1 is 1.32 bits per heavy atom. The van der Waals surface area contributed by atoms with Gasteiger partial charge in [-0.15, -0.1) is 0 Å².